The van der Waals surface area contributed by atoms with E-state index < -0.39 is 15.7 Å². The van der Waals surface area contributed by atoms with Gasteiger partial charge in [-0.05, 0) is 36.6 Å². The van der Waals surface area contributed by atoms with Gasteiger partial charge in [0.25, 0.3) is 0 Å². The summed E-state index contributed by atoms with van der Waals surface area (Å²) in [7, 11) is -3.56. The number of rotatable bonds is 3. The fraction of sp³-hybridized carbons (Fsp3) is 0.0952. The van der Waals surface area contributed by atoms with E-state index in [1.54, 1.807) is 30.3 Å². The number of hydrogen-bond donors (Lipinski definition) is 0. The number of hydrogen-bond acceptors (Lipinski definition) is 3. The summed E-state index contributed by atoms with van der Waals surface area (Å²) in [6.45, 7) is 1.91. The van der Waals surface area contributed by atoms with E-state index >= 15 is 0 Å². The second-order valence-corrected chi connectivity index (χ2v) is 8.33. The number of halogens is 1. The van der Waals surface area contributed by atoms with Crippen molar-refractivity contribution in [1.82, 2.24) is 4.98 Å². The molecule has 1 aromatic heterocycles. The Labute approximate surface area is 151 Å². The molecule has 5 heteroatoms. The molecular formula is C21H16FNO2S. The standard InChI is InChI=1S/C21H16FNO2S/c1-14-6-9-16(10-7-14)26(24,25)13-21-18-5-3-2-4-17(18)19-11-8-15(22)12-20(19)23-21/h2-12H,13H2,1H3. The minimum absolute atomic E-state index is 0.233. The van der Waals surface area contributed by atoms with Crippen molar-refractivity contribution in [1.29, 1.82) is 0 Å². The number of sulfone groups is 1. The third kappa shape index (κ3) is 2.95. The molecule has 0 amide bonds. The topological polar surface area (TPSA) is 47.0 Å². The molecule has 0 radical (unpaired) electrons. The lowest BCUT2D eigenvalue weighted by atomic mass is 10.0. The van der Waals surface area contributed by atoms with E-state index in [9.17, 15) is 12.8 Å². The Hall–Kier alpha value is -2.79. The molecule has 0 saturated heterocycles. The number of aromatic nitrogens is 1. The van der Waals surface area contributed by atoms with Gasteiger partial charge < -0.3 is 0 Å². The molecule has 3 nitrogen and oxygen atoms in total. The maximum absolute atomic E-state index is 13.7. The first-order valence-corrected chi connectivity index (χ1v) is 9.85. The molecule has 0 atom stereocenters. The predicted molar refractivity (Wildman–Crippen MR) is 101 cm³/mol. The fourth-order valence-corrected chi connectivity index (χ4v) is 4.42. The highest BCUT2D eigenvalue weighted by Crippen LogP contribution is 2.29. The molecule has 0 spiro atoms. The monoisotopic (exact) mass is 365 g/mol. The van der Waals surface area contributed by atoms with Crippen LogP contribution in [0.5, 0.6) is 0 Å². The summed E-state index contributed by atoms with van der Waals surface area (Å²) < 4.78 is 39.3. The Balaban J connectivity index is 1.91. The van der Waals surface area contributed by atoms with E-state index in [0.29, 0.717) is 11.2 Å². The summed E-state index contributed by atoms with van der Waals surface area (Å²) >= 11 is 0. The smallest absolute Gasteiger partial charge is 0.184 e. The molecule has 0 unspecified atom stereocenters. The van der Waals surface area contributed by atoms with Crippen molar-refractivity contribution < 1.29 is 12.8 Å². The van der Waals surface area contributed by atoms with Gasteiger partial charge in [-0.3, -0.25) is 4.98 Å². The molecule has 3 aromatic carbocycles. The average molecular weight is 365 g/mol. The molecule has 1 heterocycles. The van der Waals surface area contributed by atoms with Gasteiger partial charge in [-0.15, -0.1) is 0 Å². The van der Waals surface area contributed by atoms with Crippen molar-refractivity contribution in [3.63, 3.8) is 0 Å². The van der Waals surface area contributed by atoms with Crippen LogP contribution in [0.4, 0.5) is 4.39 Å². The van der Waals surface area contributed by atoms with E-state index in [1.165, 1.54) is 12.1 Å². The van der Waals surface area contributed by atoms with Gasteiger partial charge in [0.1, 0.15) is 5.82 Å². The van der Waals surface area contributed by atoms with Crippen LogP contribution in [0.1, 0.15) is 11.3 Å². The first kappa shape index (κ1) is 16.7. The molecule has 130 valence electrons. The van der Waals surface area contributed by atoms with Gasteiger partial charge in [-0.25, -0.2) is 12.8 Å². The van der Waals surface area contributed by atoms with E-state index in [-0.39, 0.29) is 10.6 Å². The van der Waals surface area contributed by atoms with Gasteiger partial charge >= 0.3 is 0 Å². The van der Waals surface area contributed by atoms with Crippen LogP contribution in [-0.2, 0) is 15.6 Å². The third-order valence-electron chi connectivity index (χ3n) is 4.45. The maximum atomic E-state index is 13.7. The molecule has 26 heavy (non-hydrogen) atoms. The van der Waals surface area contributed by atoms with E-state index in [1.807, 2.05) is 31.2 Å². The van der Waals surface area contributed by atoms with E-state index in [2.05, 4.69) is 4.98 Å². The summed E-state index contributed by atoms with van der Waals surface area (Å²) in [6, 6.07) is 18.6. The van der Waals surface area contributed by atoms with Crippen LogP contribution < -0.4 is 0 Å². The molecule has 4 aromatic rings. The molecule has 4 rings (SSSR count). The average Bonchev–Trinajstić information content (AvgIpc) is 2.61. The highest BCUT2D eigenvalue weighted by molar-refractivity contribution is 7.90. The van der Waals surface area contributed by atoms with Gasteiger partial charge in [-0.1, -0.05) is 42.0 Å². The molecule has 0 saturated carbocycles. The Morgan fingerprint density at radius 1 is 0.885 bits per heavy atom. The largest absolute Gasteiger partial charge is 0.251 e. The molecule has 0 fully saturated rings. The zero-order chi connectivity index (χ0) is 18.3. The SMILES string of the molecule is Cc1ccc(S(=O)(=O)Cc2nc3cc(F)ccc3c3ccccc23)cc1. The quantitative estimate of drug-likeness (QED) is 0.490. The Morgan fingerprint density at radius 2 is 1.58 bits per heavy atom. The summed E-state index contributed by atoms with van der Waals surface area (Å²) in [5, 5.41) is 2.44. The van der Waals surface area contributed by atoms with Gasteiger partial charge in [0.15, 0.2) is 9.84 Å². The second kappa shape index (κ2) is 6.18. The third-order valence-corrected chi connectivity index (χ3v) is 6.09. The van der Waals surface area contributed by atoms with Crippen LogP contribution in [0.25, 0.3) is 21.7 Å². The molecular weight excluding hydrogens is 349 g/mol. The summed E-state index contributed by atoms with van der Waals surface area (Å²) in [5.74, 6) is -0.629. The van der Waals surface area contributed by atoms with Crippen LogP contribution in [0.15, 0.2) is 71.6 Å². The summed E-state index contributed by atoms with van der Waals surface area (Å²) in [6.07, 6.45) is 0. The van der Waals surface area contributed by atoms with Crippen molar-refractivity contribution in [3.8, 4) is 0 Å². The van der Waals surface area contributed by atoms with Gasteiger partial charge in [-0.2, -0.15) is 0 Å². The number of pyridine rings is 1. The van der Waals surface area contributed by atoms with Crippen LogP contribution in [0.2, 0.25) is 0 Å². The van der Waals surface area contributed by atoms with Crippen LogP contribution in [0.3, 0.4) is 0 Å². The minimum Gasteiger partial charge on any atom is -0.251 e. The number of nitrogens with zero attached hydrogens (tertiary/aromatic N) is 1. The second-order valence-electron chi connectivity index (χ2n) is 6.34. The van der Waals surface area contributed by atoms with Gasteiger partial charge in [0.2, 0.25) is 0 Å². The Bertz CT molecular complexity index is 1230. The zero-order valence-electron chi connectivity index (χ0n) is 14.1. The molecule has 0 bridgehead atoms. The van der Waals surface area contributed by atoms with Crippen molar-refractivity contribution in [3.05, 3.63) is 83.8 Å². The lowest BCUT2D eigenvalue weighted by Gasteiger charge is -2.11. The Morgan fingerprint density at radius 3 is 2.31 bits per heavy atom. The van der Waals surface area contributed by atoms with Gasteiger partial charge in [0, 0.05) is 16.8 Å². The summed E-state index contributed by atoms with van der Waals surface area (Å²) in [4.78, 5) is 4.73. The first-order valence-electron chi connectivity index (χ1n) is 8.20. The minimum atomic E-state index is -3.56. The number of fused-ring (bicyclic) bond motifs is 3. The van der Waals surface area contributed by atoms with Crippen LogP contribution >= 0.6 is 0 Å². The number of benzene rings is 3. The van der Waals surface area contributed by atoms with Gasteiger partial charge in [0.05, 0.1) is 21.9 Å². The fourth-order valence-electron chi connectivity index (χ4n) is 3.12. The molecule has 0 N–H and O–H groups in total. The van der Waals surface area contributed by atoms with Crippen molar-refractivity contribution in [2.75, 3.05) is 0 Å². The lowest BCUT2D eigenvalue weighted by molar-refractivity contribution is 0.595. The van der Waals surface area contributed by atoms with Crippen LogP contribution in [0, 0.1) is 12.7 Å². The molecule has 0 aliphatic rings. The Kier molecular flexibility index (Phi) is 3.96. The number of aryl methyl sites for hydroxylation is 1. The first-order chi connectivity index (χ1) is 12.4. The van der Waals surface area contributed by atoms with Crippen LogP contribution in [-0.4, -0.2) is 13.4 Å². The predicted octanol–water partition coefficient (Wildman–Crippen LogP) is 4.81. The molecule has 0 aliphatic carbocycles. The maximum Gasteiger partial charge on any atom is 0.184 e. The zero-order valence-corrected chi connectivity index (χ0v) is 14.9. The van der Waals surface area contributed by atoms with E-state index in [0.717, 1.165) is 21.7 Å². The molecule has 0 aliphatic heterocycles. The van der Waals surface area contributed by atoms with Crippen molar-refractivity contribution in [2.24, 2.45) is 0 Å². The van der Waals surface area contributed by atoms with Crippen molar-refractivity contribution in [2.45, 2.75) is 17.6 Å². The highest BCUT2D eigenvalue weighted by atomic mass is 32.2. The lowest BCUT2D eigenvalue weighted by Crippen LogP contribution is -2.07. The summed E-state index contributed by atoms with van der Waals surface area (Å²) in [5.41, 5.74) is 1.88. The normalized spacial score (nSPS) is 11.9. The van der Waals surface area contributed by atoms with E-state index in [4.69, 9.17) is 0 Å². The highest BCUT2D eigenvalue weighted by Gasteiger charge is 2.19. The van der Waals surface area contributed by atoms with Crippen molar-refractivity contribution >= 4 is 31.5 Å².